The predicted octanol–water partition coefficient (Wildman–Crippen LogP) is 3.92. The fourth-order valence-corrected chi connectivity index (χ4v) is 3.58. The number of thioether (sulfide) groups is 1. The molecule has 1 fully saturated rings. The number of nitrogens with zero attached hydrogens (tertiary/aromatic N) is 1. The molecule has 1 atom stereocenters. The van der Waals surface area contributed by atoms with Gasteiger partial charge in [-0.15, -0.1) is 0 Å². The maximum Gasteiger partial charge on any atom is 0.237 e. The summed E-state index contributed by atoms with van der Waals surface area (Å²) in [5, 5.41) is 2.47. The summed E-state index contributed by atoms with van der Waals surface area (Å²) >= 11 is 12.3. The average molecular weight is 347 g/mol. The number of likely N-dealkylation sites (tertiary alicyclic amines) is 1. The van der Waals surface area contributed by atoms with Crippen LogP contribution in [0, 0.1) is 5.82 Å². The first kappa shape index (κ1) is 16.5. The first-order valence-electron chi connectivity index (χ1n) is 6.69. The van der Waals surface area contributed by atoms with Crippen LogP contribution in [0.1, 0.15) is 19.8 Å². The topological polar surface area (TPSA) is 32.3 Å². The van der Waals surface area contributed by atoms with E-state index in [-0.39, 0.29) is 16.8 Å². The van der Waals surface area contributed by atoms with Crippen molar-refractivity contribution in [2.24, 2.45) is 0 Å². The molecule has 1 heterocycles. The minimum atomic E-state index is -0.546. The lowest BCUT2D eigenvalue weighted by molar-refractivity contribution is -0.115. The Morgan fingerprint density at radius 1 is 1.48 bits per heavy atom. The van der Waals surface area contributed by atoms with Gasteiger partial charge in [-0.05, 0) is 38.0 Å². The van der Waals surface area contributed by atoms with Crippen LogP contribution in [0.4, 0.5) is 10.1 Å². The van der Waals surface area contributed by atoms with Crippen LogP contribution in [0.5, 0.6) is 0 Å². The maximum atomic E-state index is 13.6. The summed E-state index contributed by atoms with van der Waals surface area (Å²) in [6.45, 7) is 3.66. The normalized spacial score (nSPS) is 15.9. The molecule has 7 heteroatoms. The number of nitrogens with one attached hydrogen (secondary N) is 1. The first-order valence-corrected chi connectivity index (χ1v) is 8.35. The number of hydrogen-bond acceptors (Lipinski definition) is 3. The van der Waals surface area contributed by atoms with Crippen molar-refractivity contribution in [1.82, 2.24) is 4.90 Å². The maximum absolute atomic E-state index is 13.6. The van der Waals surface area contributed by atoms with E-state index in [2.05, 4.69) is 10.2 Å². The minimum absolute atomic E-state index is 0.129. The van der Waals surface area contributed by atoms with Crippen molar-refractivity contribution in [1.29, 1.82) is 0 Å². The Bertz CT molecular complexity index is 550. The summed E-state index contributed by atoms with van der Waals surface area (Å²) in [5.74, 6) is -0.821. The third-order valence-electron chi connectivity index (χ3n) is 3.20. The van der Waals surface area contributed by atoms with Crippen molar-refractivity contribution in [2.75, 3.05) is 18.4 Å². The van der Waals surface area contributed by atoms with Crippen LogP contribution in [-0.4, -0.2) is 33.5 Å². The largest absolute Gasteiger partial charge is 0.358 e. The number of hydrogen-bond donors (Lipinski definition) is 1. The van der Waals surface area contributed by atoms with Gasteiger partial charge in [0.25, 0.3) is 0 Å². The SMILES string of the molecule is CC(SC(=S)N1CCCC1)C(=O)Nc1ccc(Cl)cc1F. The van der Waals surface area contributed by atoms with Crippen molar-refractivity contribution < 1.29 is 9.18 Å². The highest BCUT2D eigenvalue weighted by atomic mass is 35.5. The molecule has 21 heavy (non-hydrogen) atoms. The van der Waals surface area contributed by atoms with E-state index in [1.165, 1.54) is 30.0 Å². The third kappa shape index (κ3) is 4.56. The lowest BCUT2D eigenvalue weighted by Gasteiger charge is -2.20. The molecule has 1 aliphatic rings. The molecule has 1 amide bonds. The summed E-state index contributed by atoms with van der Waals surface area (Å²) in [4.78, 5) is 14.2. The Balaban J connectivity index is 1.91. The second-order valence-corrected chi connectivity index (χ2v) is 7.24. The zero-order valence-corrected chi connectivity index (χ0v) is 14.0. The molecule has 1 N–H and O–H groups in total. The molecule has 0 saturated carbocycles. The Morgan fingerprint density at radius 2 is 2.14 bits per heavy atom. The molecule has 2 rings (SSSR count). The van der Waals surface area contributed by atoms with Crippen molar-refractivity contribution in [3.63, 3.8) is 0 Å². The fraction of sp³-hybridized carbons (Fsp3) is 0.429. The summed E-state index contributed by atoms with van der Waals surface area (Å²) in [6.07, 6.45) is 2.27. The average Bonchev–Trinajstić information content (AvgIpc) is 2.95. The summed E-state index contributed by atoms with van der Waals surface area (Å²) in [6, 6.07) is 4.16. The van der Waals surface area contributed by atoms with Gasteiger partial charge in [-0.2, -0.15) is 0 Å². The molecule has 1 aromatic rings. The number of thiocarbonyl (C=S) groups is 1. The van der Waals surface area contributed by atoms with Crippen molar-refractivity contribution in [3.05, 3.63) is 29.0 Å². The molecule has 1 unspecified atom stereocenters. The molecule has 1 aromatic carbocycles. The molecule has 114 valence electrons. The second kappa shape index (κ2) is 7.42. The molecule has 0 bridgehead atoms. The summed E-state index contributed by atoms with van der Waals surface area (Å²) in [7, 11) is 0. The lowest BCUT2D eigenvalue weighted by Crippen LogP contribution is -2.29. The van der Waals surface area contributed by atoms with Crippen LogP contribution < -0.4 is 5.32 Å². The van der Waals surface area contributed by atoms with E-state index >= 15 is 0 Å². The second-order valence-electron chi connectivity index (χ2n) is 4.83. The molecular formula is C14H16ClFN2OS2. The van der Waals surface area contributed by atoms with E-state index in [1.54, 1.807) is 6.92 Å². The number of carbonyl (C=O) groups excluding carboxylic acids is 1. The van der Waals surface area contributed by atoms with Gasteiger partial charge in [-0.1, -0.05) is 35.6 Å². The van der Waals surface area contributed by atoms with Crippen LogP contribution in [0.2, 0.25) is 5.02 Å². The number of benzene rings is 1. The predicted molar refractivity (Wildman–Crippen MR) is 90.5 cm³/mol. The molecule has 0 aliphatic carbocycles. The van der Waals surface area contributed by atoms with Crippen molar-refractivity contribution in [3.8, 4) is 0 Å². The zero-order chi connectivity index (χ0) is 15.4. The van der Waals surface area contributed by atoms with E-state index in [9.17, 15) is 9.18 Å². The number of amides is 1. The van der Waals surface area contributed by atoms with Gasteiger partial charge in [-0.3, -0.25) is 4.79 Å². The van der Waals surface area contributed by atoms with Gasteiger partial charge in [0, 0.05) is 18.1 Å². The quantitative estimate of drug-likeness (QED) is 0.841. The van der Waals surface area contributed by atoms with Crippen molar-refractivity contribution >= 4 is 51.5 Å². The number of anilines is 1. The van der Waals surface area contributed by atoms with Crippen LogP contribution in [0.15, 0.2) is 18.2 Å². The lowest BCUT2D eigenvalue weighted by atomic mass is 10.3. The van der Waals surface area contributed by atoms with Crippen LogP contribution in [-0.2, 0) is 4.79 Å². The Kier molecular flexibility index (Phi) is 5.84. The van der Waals surface area contributed by atoms with E-state index < -0.39 is 5.82 Å². The van der Waals surface area contributed by atoms with Crippen LogP contribution >= 0.6 is 35.6 Å². The molecule has 1 saturated heterocycles. The number of rotatable bonds is 3. The summed E-state index contributed by atoms with van der Waals surface area (Å²) in [5.41, 5.74) is 0.129. The smallest absolute Gasteiger partial charge is 0.237 e. The van der Waals surface area contributed by atoms with Gasteiger partial charge in [-0.25, -0.2) is 4.39 Å². The molecular weight excluding hydrogens is 331 g/mol. The summed E-state index contributed by atoms with van der Waals surface area (Å²) < 4.78 is 14.4. The molecule has 0 radical (unpaired) electrons. The standard InChI is InChI=1S/C14H16ClFN2OS2/c1-9(21-14(20)18-6-2-3-7-18)13(19)17-12-5-4-10(15)8-11(12)16/h4-5,8-9H,2-3,6-7H2,1H3,(H,17,19). The fourth-order valence-electron chi connectivity index (χ4n) is 2.00. The third-order valence-corrected chi connectivity index (χ3v) is 5.01. The van der Waals surface area contributed by atoms with E-state index in [1.807, 2.05) is 0 Å². The first-order chi connectivity index (χ1) is 9.97. The molecule has 3 nitrogen and oxygen atoms in total. The van der Waals surface area contributed by atoms with Gasteiger partial charge in [0.1, 0.15) is 10.1 Å². The van der Waals surface area contributed by atoms with Gasteiger partial charge in [0.2, 0.25) is 5.91 Å². The monoisotopic (exact) mass is 346 g/mol. The van der Waals surface area contributed by atoms with Gasteiger partial charge < -0.3 is 10.2 Å². The Hall–Kier alpha value is -0.850. The van der Waals surface area contributed by atoms with Crippen LogP contribution in [0.3, 0.4) is 0 Å². The highest BCUT2D eigenvalue weighted by Crippen LogP contribution is 2.23. The molecule has 0 spiro atoms. The molecule has 0 aromatic heterocycles. The van der Waals surface area contributed by atoms with Gasteiger partial charge >= 0.3 is 0 Å². The highest BCUT2D eigenvalue weighted by Gasteiger charge is 2.22. The van der Waals surface area contributed by atoms with E-state index in [0.29, 0.717) is 5.02 Å². The van der Waals surface area contributed by atoms with Crippen molar-refractivity contribution in [2.45, 2.75) is 25.0 Å². The number of halogens is 2. The number of carbonyl (C=O) groups is 1. The Morgan fingerprint density at radius 3 is 2.76 bits per heavy atom. The van der Waals surface area contributed by atoms with E-state index in [0.717, 1.165) is 30.3 Å². The highest BCUT2D eigenvalue weighted by molar-refractivity contribution is 8.23. The van der Waals surface area contributed by atoms with Gasteiger partial charge in [0.15, 0.2) is 0 Å². The Labute approximate surface area is 138 Å². The van der Waals surface area contributed by atoms with Gasteiger partial charge in [0.05, 0.1) is 10.9 Å². The van der Waals surface area contributed by atoms with Crippen LogP contribution in [0.25, 0.3) is 0 Å². The zero-order valence-electron chi connectivity index (χ0n) is 11.6. The minimum Gasteiger partial charge on any atom is -0.358 e. The molecule has 1 aliphatic heterocycles. The van der Waals surface area contributed by atoms with E-state index in [4.69, 9.17) is 23.8 Å².